The molecule has 6 heteroatoms. The summed E-state index contributed by atoms with van der Waals surface area (Å²) in [5, 5.41) is 4.34. The minimum atomic E-state index is 0.0452. The van der Waals surface area contributed by atoms with Crippen LogP contribution in [0.5, 0.6) is 0 Å². The second-order valence-corrected chi connectivity index (χ2v) is 8.07. The summed E-state index contributed by atoms with van der Waals surface area (Å²) in [5.41, 5.74) is 0.773. The predicted octanol–water partition coefficient (Wildman–Crippen LogP) is 2.16. The fourth-order valence-electron chi connectivity index (χ4n) is 4.29. The van der Waals surface area contributed by atoms with Gasteiger partial charge in [0.2, 0.25) is 5.91 Å². The third kappa shape index (κ3) is 3.44. The van der Waals surface area contributed by atoms with Gasteiger partial charge in [0.1, 0.15) is 5.69 Å². The standard InChI is InChI=1S/C19H28N4O2/c1-2-23-10-6-16(20-23)18(25)21-11-8-19(9-12-21)7-5-17(24)22(14-19)13-15-3-4-15/h6,10,15H,2-5,7-9,11-14H2,1H3. The van der Waals surface area contributed by atoms with Crippen LogP contribution in [0.2, 0.25) is 0 Å². The van der Waals surface area contributed by atoms with Gasteiger partial charge in [-0.25, -0.2) is 0 Å². The van der Waals surface area contributed by atoms with Crippen molar-refractivity contribution < 1.29 is 9.59 Å². The lowest BCUT2D eigenvalue weighted by Gasteiger charge is -2.47. The van der Waals surface area contributed by atoms with Crippen LogP contribution in [-0.4, -0.2) is 57.6 Å². The van der Waals surface area contributed by atoms with Gasteiger partial charge in [0.05, 0.1) is 0 Å². The molecule has 2 amide bonds. The smallest absolute Gasteiger partial charge is 0.274 e. The molecule has 0 unspecified atom stereocenters. The molecule has 3 fully saturated rings. The summed E-state index contributed by atoms with van der Waals surface area (Å²) >= 11 is 0. The lowest BCUT2D eigenvalue weighted by atomic mass is 9.72. The number of piperidine rings is 2. The number of carbonyl (C=O) groups is 2. The molecule has 1 aromatic heterocycles. The second kappa shape index (κ2) is 6.46. The molecule has 0 N–H and O–H groups in total. The van der Waals surface area contributed by atoms with E-state index in [2.05, 4.69) is 10.00 Å². The van der Waals surface area contributed by atoms with Crippen molar-refractivity contribution in [3.05, 3.63) is 18.0 Å². The number of rotatable bonds is 4. The molecule has 4 rings (SSSR count). The van der Waals surface area contributed by atoms with E-state index in [4.69, 9.17) is 0 Å². The van der Waals surface area contributed by atoms with Crippen LogP contribution in [0.4, 0.5) is 0 Å². The summed E-state index contributed by atoms with van der Waals surface area (Å²) in [7, 11) is 0. The first-order valence-electron chi connectivity index (χ1n) is 9.69. The van der Waals surface area contributed by atoms with Crippen molar-refractivity contribution in [2.45, 2.75) is 52.0 Å². The van der Waals surface area contributed by atoms with Crippen molar-refractivity contribution >= 4 is 11.8 Å². The molecule has 2 aliphatic heterocycles. The Balaban J connectivity index is 1.36. The fourth-order valence-corrected chi connectivity index (χ4v) is 4.29. The van der Waals surface area contributed by atoms with Crippen LogP contribution in [0.1, 0.15) is 55.9 Å². The SMILES string of the molecule is CCn1ccc(C(=O)N2CCC3(CCC(=O)N(CC4CC4)C3)CC2)n1. The zero-order chi connectivity index (χ0) is 17.4. The van der Waals surface area contributed by atoms with Crippen LogP contribution in [0, 0.1) is 11.3 Å². The molecule has 1 spiro atoms. The van der Waals surface area contributed by atoms with E-state index in [0.29, 0.717) is 18.0 Å². The van der Waals surface area contributed by atoms with Crippen LogP contribution < -0.4 is 0 Å². The summed E-state index contributed by atoms with van der Waals surface area (Å²) in [5.74, 6) is 1.12. The minimum Gasteiger partial charge on any atom is -0.342 e. The maximum absolute atomic E-state index is 12.7. The molecule has 0 atom stereocenters. The Morgan fingerprint density at radius 3 is 2.68 bits per heavy atom. The Kier molecular flexibility index (Phi) is 4.29. The maximum Gasteiger partial charge on any atom is 0.274 e. The van der Waals surface area contributed by atoms with Crippen LogP contribution in [0.15, 0.2) is 12.3 Å². The summed E-state index contributed by atoms with van der Waals surface area (Å²) in [6.45, 7) is 6.21. The molecule has 136 valence electrons. The van der Waals surface area contributed by atoms with E-state index < -0.39 is 0 Å². The first-order valence-corrected chi connectivity index (χ1v) is 9.69. The summed E-state index contributed by atoms with van der Waals surface area (Å²) < 4.78 is 1.79. The lowest BCUT2D eigenvalue weighted by Crippen LogP contribution is -2.52. The summed E-state index contributed by atoms with van der Waals surface area (Å²) in [4.78, 5) is 28.9. The highest BCUT2D eigenvalue weighted by Crippen LogP contribution is 2.41. The van der Waals surface area contributed by atoms with E-state index in [1.807, 2.05) is 24.1 Å². The van der Waals surface area contributed by atoms with Gasteiger partial charge in [0.15, 0.2) is 0 Å². The van der Waals surface area contributed by atoms with Gasteiger partial charge in [-0.15, -0.1) is 0 Å². The Hall–Kier alpha value is -1.85. The monoisotopic (exact) mass is 344 g/mol. The first kappa shape index (κ1) is 16.6. The van der Waals surface area contributed by atoms with Crippen molar-refractivity contribution in [2.24, 2.45) is 11.3 Å². The molecular weight excluding hydrogens is 316 g/mol. The van der Waals surface area contributed by atoms with E-state index in [9.17, 15) is 9.59 Å². The lowest BCUT2D eigenvalue weighted by molar-refractivity contribution is -0.139. The number of aromatic nitrogens is 2. The third-order valence-corrected chi connectivity index (χ3v) is 6.22. The molecule has 3 aliphatic rings. The number of aryl methyl sites for hydroxylation is 1. The molecule has 3 heterocycles. The highest BCUT2D eigenvalue weighted by Gasteiger charge is 2.43. The minimum absolute atomic E-state index is 0.0452. The molecule has 6 nitrogen and oxygen atoms in total. The molecule has 0 aromatic carbocycles. The topological polar surface area (TPSA) is 58.4 Å². The summed E-state index contributed by atoms with van der Waals surface area (Å²) in [6.07, 6.45) is 8.10. The van der Waals surface area contributed by atoms with Gasteiger partial charge in [-0.05, 0) is 56.4 Å². The molecule has 1 aliphatic carbocycles. The van der Waals surface area contributed by atoms with Crippen LogP contribution >= 0.6 is 0 Å². The third-order valence-electron chi connectivity index (χ3n) is 6.22. The van der Waals surface area contributed by atoms with Crippen LogP contribution in [0.3, 0.4) is 0 Å². The van der Waals surface area contributed by atoms with E-state index in [-0.39, 0.29) is 11.3 Å². The van der Waals surface area contributed by atoms with Crippen LogP contribution in [-0.2, 0) is 11.3 Å². The van der Waals surface area contributed by atoms with Crippen molar-refractivity contribution in [1.82, 2.24) is 19.6 Å². The molecule has 25 heavy (non-hydrogen) atoms. The molecule has 2 saturated heterocycles. The average molecular weight is 344 g/mol. The van der Waals surface area contributed by atoms with Gasteiger partial charge in [-0.3, -0.25) is 14.3 Å². The van der Waals surface area contributed by atoms with E-state index in [1.54, 1.807) is 4.68 Å². The zero-order valence-corrected chi connectivity index (χ0v) is 15.1. The molecule has 0 bridgehead atoms. The highest BCUT2D eigenvalue weighted by atomic mass is 16.2. The highest BCUT2D eigenvalue weighted by molar-refractivity contribution is 5.92. The van der Waals surface area contributed by atoms with Gasteiger partial charge in [0.25, 0.3) is 5.91 Å². The van der Waals surface area contributed by atoms with Gasteiger partial charge in [0, 0.05) is 45.3 Å². The number of amides is 2. The Bertz CT molecular complexity index is 656. The van der Waals surface area contributed by atoms with Crippen LogP contribution in [0.25, 0.3) is 0 Å². The number of carbonyl (C=O) groups excluding carboxylic acids is 2. The van der Waals surface area contributed by atoms with Crippen molar-refractivity contribution in [2.75, 3.05) is 26.2 Å². The Morgan fingerprint density at radius 1 is 1.28 bits per heavy atom. The van der Waals surface area contributed by atoms with Crippen molar-refractivity contribution in [3.63, 3.8) is 0 Å². The maximum atomic E-state index is 12.7. The summed E-state index contributed by atoms with van der Waals surface area (Å²) in [6, 6.07) is 1.81. The number of nitrogens with zero attached hydrogens (tertiary/aromatic N) is 4. The zero-order valence-electron chi connectivity index (χ0n) is 15.1. The second-order valence-electron chi connectivity index (χ2n) is 8.07. The predicted molar refractivity (Wildman–Crippen MR) is 94.0 cm³/mol. The first-order chi connectivity index (χ1) is 12.1. The average Bonchev–Trinajstić information content (AvgIpc) is 3.31. The van der Waals surface area contributed by atoms with Crippen molar-refractivity contribution in [1.29, 1.82) is 0 Å². The van der Waals surface area contributed by atoms with E-state index in [1.165, 1.54) is 12.8 Å². The number of likely N-dealkylation sites (tertiary alicyclic amines) is 2. The van der Waals surface area contributed by atoms with Crippen molar-refractivity contribution in [3.8, 4) is 0 Å². The largest absolute Gasteiger partial charge is 0.342 e. The molecule has 0 radical (unpaired) electrons. The number of hydrogen-bond acceptors (Lipinski definition) is 3. The van der Waals surface area contributed by atoms with Gasteiger partial charge >= 0.3 is 0 Å². The van der Waals surface area contributed by atoms with Gasteiger partial charge in [-0.1, -0.05) is 0 Å². The molecule has 1 saturated carbocycles. The van der Waals surface area contributed by atoms with Gasteiger partial charge in [-0.2, -0.15) is 5.10 Å². The van der Waals surface area contributed by atoms with E-state index in [0.717, 1.165) is 57.9 Å². The number of hydrogen-bond donors (Lipinski definition) is 0. The Labute approximate surface area is 149 Å². The Morgan fingerprint density at radius 2 is 2.04 bits per heavy atom. The fraction of sp³-hybridized carbons (Fsp3) is 0.737. The molecular formula is C19H28N4O2. The van der Waals surface area contributed by atoms with Gasteiger partial charge < -0.3 is 9.80 Å². The quantitative estimate of drug-likeness (QED) is 0.841. The van der Waals surface area contributed by atoms with E-state index >= 15 is 0 Å². The normalized spacial score (nSPS) is 23.3. The molecule has 1 aromatic rings.